The van der Waals surface area contributed by atoms with E-state index in [2.05, 4.69) is 9.71 Å². The number of methoxy groups -OCH3 is 1. The molecule has 0 saturated carbocycles. The average molecular weight is 254 g/mol. The molecule has 2 rings (SSSR count). The summed E-state index contributed by atoms with van der Waals surface area (Å²) < 4.78 is 31.0. The first-order valence-electron chi connectivity index (χ1n) is 5.23. The largest absolute Gasteiger partial charge is 0.382 e. The maximum atomic E-state index is 11.8. The monoisotopic (exact) mass is 254 g/mol. The molecule has 6 heteroatoms. The van der Waals surface area contributed by atoms with E-state index < -0.39 is 10.0 Å². The number of rotatable bonds is 3. The maximum absolute atomic E-state index is 11.8. The molecule has 1 atom stereocenters. The van der Waals surface area contributed by atoms with Gasteiger partial charge in [0.2, 0.25) is 0 Å². The molecule has 1 aliphatic heterocycles. The zero-order chi connectivity index (χ0) is 12.5. The number of fused-ring (bicyclic) bond motifs is 1. The molecule has 0 radical (unpaired) electrons. The molecule has 1 unspecified atom stereocenters. The summed E-state index contributed by atoms with van der Waals surface area (Å²) >= 11 is 0. The second-order valence-electron chi connectivity index (χ2n) is 3.88. The van der Waals surface area contributed by atoms with Crippen LogP contribution < -0.4 is 4.72 Å². The second kappa shape index (κ2) is 4.46. The van der Waals surface area contributed by atoms with E-state index in [1.54, 1.807) is 31.4 Å². The van der Waals surface area contributed by atoms with Gasteiger partial charge in [-0.15, -0.1) is 0 Å². The number of ether oxygens (including phenoxy) is 1. The summed E-state index contributed by atoms with van der Waals surface area (Å²) in [5.74, 6) is 0.394. The van der Waals surface area contributed by atoms with Gasteiger partial charge in [0.25, 0.3) is 10.0 Å². The highest BCUT2D eigenvalue weighted by atomic mass is 32.2. The summed E-state index contributed by atoms with van der Waals surface area (Å²) in [6.45, 7) is 2.32. The minimum Gasteiger partial charge on any atom is -0.382 e. The first kappa shape index (κ1) is 12.1. The van der Waals surface area contributed by atoms with Crippen LogP contribution in [0.25, 0.3) is 0 Å². The smallest absolute Gasteiger partial charge is 0.263 e. The molecule has 0 spiro atoms. The SMILES string of the molecule is COCC(C)N=C1NS(=O)(=O)c2ccccc21. The zero-order valence-corrected chi connectivity index (χ0v) is 10.5. The van der Waals surface area contributed by atoms with E-state index in [-0.39, 0.29) is 10.9 Å². The molecule has 5 nitrogen and oxygen atoms in total. The fraction of sp³-hybridized carbons (Fsp3) is 0.364. The van der Waals surface area contributed by atoms with Crippen LogP contribution >= 0.6 is 0 Å². The van der Waals surface area contributed by atoms with Gasteiger partial charge in [-0.25, -0.2) is 8.42 Å². The van der Waals surface area contributed by atoms with Crippen LogP contribution in [0.1, 0.15) is 12.5 Å². The Bertz CT molecular complexity index is 552. The summed E-state index contributed by atoms with van der Waals surface area (Å²) in [6, 6.07) is 6.70. The van der Waals surface area contributed by atoms with Crippen molar-refractivity contribution in [2.45, 2.75) is 17.9 Å². The summed E-state index contributed by atoms with van der Waals surface area (Å²) in [5.41, 5.74) is 0.621. The zero-order valence-electron chi connectivity index (χ0n) is 9.67. The molecule has 1 N–H and O–H groups in total. The molecule has 0 aromatic heterocycles. The molecule has 0 amide bonds. The van der Waals surface area contributed by atoms with Crippen LogP contribution in [0.15, 0.2) is 34.2 Å². The summed E-state index contributed by atoms with van der Waals surface area (Å²) in [6.07, 6.45) is 0. The highest BCUT2D eigenvalue weighted by Crippen LogP contribution is 2.22. The Morgan fingerprint density at radius 1 is 1.41 bits per heavy atom. The van der Waals surface area contributed by atoms with Crippen LogP contribution in [0.5, 0.6) is 0 Å². The first-order chi connectivity index (χ1) is 8.04. The number of hydrogen-bond donors (Lipinski definition) is 1. The van der Waals surface area contributed by atoms with Gasteiger partial charge in [-0.1, -0.05) is 12.1 Å². The van der Waals surface area contributed by atoms with Crippen LogP contribution in [0.3, 0.4) is 0 Å². The van der Waals surface area contributed by atoms with Crippen molar-refractivity contribution in [1.29, 1.82) is 0 Å². The van der Waals surface area contributed by atoms with Crippen LogP contribution in [-0.4, -0.2) is 34.0 Å². The van der Waals surface area contributed by atoms with Gasteiger partial charge in [-0.05, 0) is 19.1 Å². The van der Waals surface area contributed by atoms with E-state index >= 15 is 0 Å². The highest BCUT2D eigenvalue weighted by molar-refractivity contribution is 7.90. The molecule has 17 heavy (non-hydrogen) atoms. The maximum Gasteiger partial charge on any atom is 0.263 e. The fourth-order valence-corrected chi connectivity index (χ4v) is 2.97. The second-order valence-corrected chi connectivity index (χ2v) is 5.53. The third-order valence-corrected chi connectivity index (χ3v) is 3.82. The molecule has 0 fully saturated rings. The van der Waals surface area contributed by atoms with E-state index in [1.165, 1.54) is 0 Å². The lowest BCUT2D eigenvalue weighted by atomic mass is 10.2. The van der Waals surface area contributed by atoms with Gasteiger partial charge in [0, 0.05) is 12.7 Å². The average Bonchev–Trinajstić information content (AvgIpc) is 2.52. The number of hydrogen-bond acceptors (Lipinski definition) is 4. The molecular formula is C11H14N2O3S. The molecule has 0 aliphatic carbocycles. The fourth-order valence-electron chi connectivity index (χ4n) is 1.73. The topological polar surface area (TPSA) is 67.8 Å². The Morgan fingerprint density at radius 3 is 2.82 bits per heavy atom. The number of amidine groups is 1. The van der Waals surface area contributed by atoms with Gasteiger partial charge in [0.15, 0.2) is 0 Å². The van der Waals surface area contributed by atoms with E-state index in [1.807, 2.05) is 6.92 Å². The molecular weight excluding hydrogens is 240 g/mol. The molecule has 92 valence electrons. The summed E-state index contributed by atoms with van der Waals surface area (Å²) in [5, 5.41) is 0. The van der Waals surface area contributed by atoms with Crippen LogP contribution in [0.2, 0.25) is 0 Å². The Balaban J connectivity index is 2.42. The number of nitrogens with one attached hydrogen (secondary N) is 1. The minimum atomic E-state index is -3.44. The molecule has 1 aliphatic rings. The minimum absolute atomic E-state index is 0.0937. The van der Waals surface area contributed by atoms with Crippen molar-refractivity contribution in [3.8, 4) is 0 Å². The van der Waals surface area contributed by atoms with Crippen molar-refractivity contribution < 1.29 is 13.2 Å². The van der Waals surface area contributed by atoms with Gasteiger partial charge in [0.1, 0.15) is 5.84 Å². The molecule has 0 bridgehead atoms. The normalized spacial score (nSPS) is 20.9. The standard InChI is InChI=1S/C11H14N2O3S/c1-8(7-16-2)12-11-9-5-3-4-6-10(9)17(14,15)13-11/h3-6,8H,7H2,1-2H3,(H,12,13). The third kappa shape index (κ3) is 2.32. The van der Waals surface area contributed by atoms with E-state index in [4.69, 9.17) is 4.74 Å². The summed E-state index contributed by atoms with van der Waals surface area (Å²) in [4.78, 5) is 4.58. The lowest BCUT2D eigenvalue weighted by Gasteiger charge is -2.06. The van der Waals surface area contributed by atoms with Gasteiger partial charge in [-0.3, -0.25) is 9.71 Å². The number of benzene rings is 1. The van der Waals surface area contributed by atoms with E-state index in [9.17, 15) is 8.42 Å². The first-order valence-corrected chi connectivity index (χ1v) is 6.72. The lowest BCUT2D eigenvalue weighted by molar-refractivity contribution is 0.186. The Hall–Kier alpha value is -1.40. The Kier molecular flexibility index (Phi) is 3.17. The number of sulfonamides is 1. The predicted octanol–water partition coefficient (Wildman–Crippen LogP) is 0.760. The van der Waals surface area contributed by atoms with Crippen molar-refractivity contribution in [3.05, 3.63) is 29.8 Å². The van der Waals surface area contributed by atoms with Crippen LogP contribution in [0, 0.1) is 0 Å². The van der Waals surface area contributed by atoms with Crippen molar-refractivity contribution in [2.75, 3.05) is 13.7 Å². The van der Waals surface area contributed by atoms with Crippen LogP contribution in [0.4, 0.5) is 0 Å². The van der Waals surface area contributed by atoms with E-state index in [0.29, 0.717) is 18.0 Å². The third-order valence-electron chi connectivity index (χ3n) is 2.42. The quantitative estimate of drug-likeness (QED) is 0.866. The molecule has 1 aromatic rings. The van der Waals surface area contributed by atoms with Crippen molar-refractivity contribution in [1.82, 2.24) is 4.72 Å². The van der Waals surface area contributed by atoms with Gasteiger partial charge >= 0.3 is 0 Å². The van der Waals surface area contributed by atoms with Gasteiger partial charge < -0.3 is 4.74 Å². The molecule has 1 aromatic carbocycles. The Morgan fingerprint density at radius 2 is 2.12 bits per heavy atom. The van der Waals surface area contributed by atoms with Crippen LogP contribution in [-0.2, 0) is 14.8 Å². The Labute approximate surface area is 101 Å². The van der Waals surface area contributed by atoms with Gasteiger partial charge in [0.05, 0.1) is 17.5 Å². The van der Waals surface area contributed by atoms with Crippen molar-refractivity contribution >= 4 is 15.9 Å². The van der Waals surface area contributed by atoms with Crippen molar-refractivity contribution in [3.63, 3.8) is 0 Å². The lowest BCUT2D eigenvalue weighted by Crippen LogP contribution is -2.24. The highest BCUT2D eigenvalue weighted by Gasteiger charge is 2.30. The summed E-state index contributed by atoms with van der Waals surface area (Å²) in [7, 11) is -1.85. The molecule has 0 saturated heterocycles. The molecule has 1 heterocycles. The number of aliphatic imine (C=N–C) groups is 1. The van der Waals surface area contributed by atoms with E-state index in [0.717, 1.165) is 0 Å². The van der Waals surface area contributed by atoms with Gasteiger partial charge in [-0.2, -0.15) is 0 Å². The van der Waals surface area contributed by atoms with Crippen molar-refractivity contribution in [2.24, 2.45) is 4.99 Å². The number of nitrogens with zero attached hydrogens (tertiary/aromatic N) is 1. The predicted molar refractivity (Wildman–Crippen MR) is 64.6 cm³/mol.